The van der Waals surface area contributed by atoms with Gasteiger partial charge in [0.15, 0.2) is 9.84 Å². The number of hydrogen-bond donors (Lipinski definition) is 0. The van der Waals surface area contributed by atoms with Crippen molar-refractivity contribution in [2.24, 2.45) is 0 Å². The second-order valence-corrected chi connectivity index (χ2v) is 7.96. The fourth-order valence-electron chi connectivity index (χ4n) is 1.66. The third-order valence-electron chi connectivity index (χ3n) is 2.68. The minimum Gasteiger partial charge on any atom is -0.495 e. The van der Waals surface area contributed by atoms with Crippen LogP contribution < -0.4 is 4.74 Å². The summed E-state index contributed by atoms with van der Waals surface area (Å²) in [5.41, 5.74) is 0.760. The Kier molecular flexibility index (Phi) is 6.00. The molecule has 1 aromatic carbocycles. The predicted octanol–water partition coefficient (Wildman–Crippen LogP) is 2.15. The molecule has 19 heavy (non-hydrogen) atoms. The number of methoxy groups -OCH3 is 1. The number of benzene rings is 1. The Labute approximate surface area is 117 Å². The molecule has 6 heteroatoms. The van der Waals surface area contributed by atoms with Crippen molar-refractivity contribution in [2.45, 2.75) is 30.4 Å². The van der Waals surface area contributed by atoms with Gasteiger partial charge in [0.2, 0.25) is 0 Å². The van der Waals surface area contributed by atoms with Crippen LogP contribution in [0.2, 0.25) is 0 Å². The molecule has 0 fully saturated rings. The van der Waals surface area contributed by atoms with Crippen LogP contribution in [0, 0.1) is 0 Å². The lowest BCUT2D eigenvalue weighted by atomic mass is 10.2. The first kappa shape index (κ1) is 16.2. The first-order valence-electron chi connectivity index (χ1n) is 6.10. The zero-order valence-electron chi connectivity index (χ0n) is 11.5. The van der Waals surface area contributed by atoms with Crippen LogP contribution in [-0.4, -0.2) is 31.7 Å². The molecule has 0 radical (unpaired) electrons. The van der Waals surface area contributed by atoms with E-state index in [4.69, 9.17) is 4.74 Å². The average molecular weight is 304 g/mol. The summed E-state index contributed by atoms with van der Waals surface area (Å²) in [6.07, 6.45) is 3.06. The highest BCUT2D eigenvalue weighted by Gasteiger charge is 2.15. The van der Waals surface area contributed by atoms with Gasteiger partial charge in [0.25, 0.3) is 0 Å². The molecule has 0 aliphatic carbocycles. The third-order valence-corrected chi connectivity index (χ3v) is 5.20. The SMILES string of the molecule is CCCC[S@](=O)Cc1ccc(OC)c(S(C)(=O)=O)c1. The molecule has 0 bridgehead atoms. The van der Waals surface area contributed by atoms with Gasteiger partial charge in [0.1, 0.15) is 10.6 Å². The van der Waals surface area contributed by atoms with Crippen LogP contribution in [0.25, 0.3) is 0 Å². The summed E-state index contributed by atoms with van der Waals surface area (Å²) in [6, 6.07) is 4.93. The van der Waals surface area contributed by atoms with E-state index in [1.165, 1.54) is 7.11 Å². The molecule has 1 rings (SSSR count). The smallest absolute Gasteiger partial charge is 0.179 e. The minimum absolute atomic E-state index is 0.153. The first-order valence-corrected chi connectivity index (χ1v) is 9.48. The molecular weight excluding hydrogens is 284 g/mol. The molecule has 1 atom stereocenters. The van der Waals surface area contributed by atoms with Crippen molar-refractivity contribution in [3.63, 3.8) is 0 Å². The topological polar surface area (TPSA) is 60.4 Å². The molecule has 1 aromatic rings. The molecule has 0 aliphatic heterocycles. The van der Waals surface area contributed by atoms with E-state index >= 15 is 0 Å². The molecular formula is C13H20O4S2. The van der Waals surface area contributed by atoms with Gasteiger partial charge in [-0.05, 0) is 24.1 Å². The van der Waals surface area contributed by atoms with Crippen LogP contribution in [-0.2, 0) is 26.4 Å². The molecule has 0 saturated heterocycles. The number of ether oxygens (including phenoxy) is 1. The molecule has 0 N–H and O–H groups in total. The van der Waals surface area contributed by atoms with Crippen LogP contribution in [0.5, 0.6) is 5.75 Å². The van der Waals surface area contributed by atoms with Gasteiger partial charge in [-0.15, -0.1) is 0 Å². The highest BCUT2D eigenvalue weighted by atomic mass is 32.2. The maximum Gasteiger partial charge on any atom is 0.179 e. The van der Waals surface area contributed by atoms with E-state index in [1.54, 1.807) is 18.2 Å². The van der Waals surface area contributed by atoms with E-state index in [0.717, 1.165) is 24.7 Å². The molecule has 0 saturated carbocycles. The monoisotopic (exact) mass is 304 g/mol. The zero-order chi connectivity index (χ0) is 14.5. The van der Waals surface area contributed by atoms with Gasteiger partial charge < -0.3 is 4.74 Å². The minimum atomic E-state index is -3.34. The maximum absolute atomic E-state index is 11.8. The predicted molar refractivity (Wildman–Crippen MR) is 77.7 cm³/mol. The van der Waals surface area contributed by atoms with Crippen LogP contribution in [0.15, 0.2) is 23.1 Å². The van der Waals surface area contributed by atoms with Crippen LogP contribution in [0.3, 0.4) is 0 Å². The summed E-state index contributed by atoms with van der Waals surface area (Å²) >= 11 is 0. The van der Waals surface area contributed by atoms with Gasteiger partial charge in [0.05, 0.1) is 7.11 Å². The second kappa shape index (κ2) is 7.05. The van der Waals surface area contributed by atoms with E-state index in [1.807, 2.05) is 6.92 Å². The standard InChI is InChI=1S/C13H20O4S2/c1-4-5-8-18(14)10-11-6-7-12(17-2)13(9-11)19(3,15)16/h6-7,9H,4-5,8,10H2,1-3H3/t18-/m0/s1. The summed E-state index contributed by atoms with van der Waals surface area (Å²) in [5, 5.41) is 0. The Balaban J connectivity index is 2.96. The molecule has 108 valence electrons. The third kappa shape index (κ3) is 4.95. The van der Waals surface area contributed by atoms with Crippen LogP contribution >= 0.6 is 0 Å². The molecule has 0 spiro atoms. The Morgan fingerprint density at radius 1 is 1.32 bits per heavy atom. The van der Waals surface area contributed by atoms with Crippen molar-refractivity contribution in [3.05, 3.63) is 23.8 Å². The van der Waals surface area contributed by atoms with Crippen molar-refractivity contribution in [2.75, 3.05) is 19.1 Å². The van der Waals surface area contributed by atoms with E-state index < -0.39 is 20.6 Å². The maximum atomic E-state index is 11.8. The average Bonchev–Trinajstić information content (AvgIpc) is 2.35. The zero-order valence-corrected chi connectivity index (χ0v) is 13.1. The second-order valence-electron chi connectivity index (χ2n) is 4.40. The van der Waals surface area contributed by atoms with Crippen molar-refractivity contribution in [1.82, 2.24) is 0 Å². The summed E-state index contributed by atoms with van der Waals surface area (Å²) in [7, 11) is -2.86. The Morgan fingerprint density at radius 2 is 2.00 bits per heavy atom. The first-order chi connectivity index (χ1) is 8.88. The highest BCUT2D eigenvalue weighted by molar-refractivity contribution is 7.90. The normalized spacial score (nSPS) is 13.2. The molecule has 0 amide bonds. The lowest BCUT2D eigenvalue weighted by molar-refractivity contribution is 0.402. The van der Waals surface area contributed by atoms with Gasteiger partial charge in [-0.2, -0.15) is 0 Å². The summed E-state index contributed by atoms with van der Waals surface area (Å²) < 4.78 is 40.2. The van der Waals surface area contributed by atoms with E-state index in [9.17, 15) is 12.6 Å². The van der Waals surface area contributed by atoms with Gasteiger partial charge in [0, 0.05) is 28.6 Å². The number of hydrogen-bond acceptors (Lipinski definition) is 4. The van der Waals surface area contributed by atoms with E-state index in [2.05, 4.69) is 0 Å². The van der Waals surface area contributed by atoms with Crippen molar-refractivity contribution in [1.29, 1.82) is 0 Å². The number of rotatable bonds is 7. The van der Waals surface area contributed by atoms with Gasteiger partial charge in [-0.1, -0.05) is 19.4 Å². The lowest BCUT2D eigenvalue weighted by Gasteiger charge is -2.09. The molecule has 4 nitrogen and oxygen atoms in total. The van der Waals surface area contributed by atoms with Crippen LogP contribution in [0.1, 0.15) is 25.3 Å². The number of unbranched alkanes of at least 4 members (excludes halogenated alkanes) is 1. The summed E-state index contributed by atoms with van der Waals surface area (Å²) in [4.78, 5) is 0.153. The van der Waals surface area contributed by atoms with Crippen molar-refractivity contribution in [3.8, 4) is 5.75 Å². The Morgan fingerprint density at radius 3 is 2.53 bits per heavy atom. The highest BCUT2D eigenvalue weighted by Crippen LogP contribution is 2.25. The summed E-state index contributed by atoms with van der Waals surface area (Å²) in [6.45, 7) is 2.05. The van der Waals surface area contributed by atoms with Gasteiger partial charge >= 0.3 is 0 Å². The molecule has 0 aromatic heterocycles. The van der Waals surface area contributed by atoms with Gasteiger partial charge in [-0.3, -0.25) is 4.21 Å². The molecule has 0 aliphatic rings. The largest absolute Gasteiger partial charge is 0.495 e. The van der Waals surface area contributed by atoms with E-state index in [-0.39, 0.29) is 4.90 Å². The summed E-state index contributed by atoms with van der Waals surface area (Å²) in [5.74, 6) is 1.36. The molecule has 0 heterocycles. The van der Waals surface area contributed by atoms with Crippen molar-refractivity contribution < 1.29 is 17.4 Å². The van der Waals surface area contributed by atoms with Crippen molar-refractivity contribution >= 4 is 20.6 Å². The fraction of sp³-hybridized carbons (Fsp3) is 0.538. The number of sulfone groups is 1. The molecule has 0 unspecified atom stereocenters. The Bertz CT molecular complexity index is 550. The fourth-order valence-corrected chi connectivity index (χ4v) is 3.85. The lowest BCUT2D eigenvalue weighted by Crippen LogP contribution is -2.05. The Hall–Kier alpha value is -0.880. The van der Waals surface area contributed by atoms with Crippen LogP contribution in [0.4, 0.5) is 0 Å². The quantitative estimate of drug-likeness (QED) is 0.774. The van der Waals surface area contributed by atoms with E-state index in [0.29, 0.717) is 17.3 Å². The van der Waals surface area contributed by atoms with Gasteiger partial charge in [-0.25, -0.2) is 8.42 Å².